The van der Waals surface area contributed by atoms with Crippen LogP contribution in [-0.2, 0) is 14.8 Å². The minimum atomic E-state index is -3.90. The molecule has 0 fully saturated rings. The van der Waals surface area contributed by atoms with Crippen molar-refractivity contribution >= 4 is 21.8 Å². The molecule has 30 heavy (non-hydrogen) atoms. The average Bonchev–Trinajstić information content (AvgIpc) is 2.68. The first-order valence-electron chi connectivity index (χ1n) is 9.15. The van der Waals surface area contributed by atoms with E-state index in [0.29, 0.717) is 17.9 Å². The van der Waals surface area contributed by atoms with Crippen LogP contribution < -0.4 is 20.5 Å². The zero-order chi connectivity index (χ0) is 22.3. The van der Waals surface area contributed by atoms with Crippen LogP contribution in [0.3, 0.4) is 0 Å². The zero-order valence-corrected chi connectivity index (χ0v) is 17.7. The average molecular weight is 432 g/mol. The standard InChI is InChI=1S/C21H25N3O5S/c1-14-7-8-18(11-15(14)2)29-13-20(25)23-10-9-16(3)24-21(26)17-5-4-6-19(12-17)30(22,27)28/h4-8,11-12H,3,9-10,13H2,1-2H3,(H,23,25)(H,24,26)(H2,22,27,28). The summed E-state index contributed by atoms with van der Waals surface area (Å²) < 4.78 is 28.2. The van der Waals surface area contributed by atoms with Gasteiger partial charge < -0.3 is 15.4 Å². The maximum atomic E-state index is 12.2. The van der Waals surface area contributed by atoms with Crippen molar-refractivity contribution < 1.29 is 22.7 Å². The van der Waals surface area contributed by atoms with E-state index in [1.54, 1.807) is 6.07 Å². The first-order valence-corrected chi connectivity index (χ1v) is 10.7. The van der Waals surface area contributed by atoms with Crippen molar-refractivity contribution in [3.8, 4) is 5.75 Å². The van der Waals surface area contributed by atoms with Gasteiger partial charge in [-0.05, 0) is 55.3 Å². The first-order chi connectivity index (χ1) is 14.1. The van der Waals surface area contributed by atoms with Gasteiger partial charge in [0.1, 0.15) is 5.75 Å². The number of aryl methyl sites for hydroxylation is 2. The number of benzene rings is 2. The monoisotopic (exact) mass is 431 g/mol. The topological polar surface area (TPSA) is 128 Å². The van der Waals surface area contributed by atoms with Crippen LogP contribution in [0.4, 0.5) is 0 Å². The number of hydrogen-bond donors (Lipinski definition) is 3. The predicted octanol–water partition coefficient (Wildman–Crippen LogP) is 1.78. The molecule has 0 radical (unpaired) electrons. The second-order valence-electron chi connectivity index (χ2n) is 6.77. The first kappa shape index (κ1) is 23.1. The molecule has 0 aromatic heterocycles. The summed E-state index contributed by atoms with van der Waals surface area (Å²) in [7, 11) is -3.90. The number of nitrogens with two attached hydrogens (primary N) is 1. The van der Waals surface area contributed by atoms with Gasteiger partial charge in [0.15, 0.2) is 6.61 Å². The molecule has 2 rings (SSSR count). The van der Waals surface area contributed by atoms with Gasteiger partial charge in [-0.2, -0.15) is 0 Å². The number of nitrogens with one attached hydrogen (secondary N) is 2. The predicted molar refractivity (Wildman–Crippen MR) is 113 cm³/mol. The molecular weight excluding hydrogens is 406 g/mol. The summed E-state index contributed by atoms with van der Waals surface area (Å²) in [4.78, 5) is 24.0. The number of carbonyl (C=O) groups is 2. The maximum Gasteiger partial charge on any atom is 0.257 e. The second-order valence-corrected chi connectivity index (χ2v) is 8.33. The number of primary sulfonamides is 1. The van der Waals surface area contributed by atoms with Crippen LogP contribution >= 0.6 is 0 Å². The van der Waals surface area contributed by atoms with Crippen LogP contribution in [0, 0.1) is 13.8 Å². The molecular formula is C21H25N3O5S. The summed E-state index contributed by atoms with van der Waals surface area (Å²) >= 11 is 0. The highest BCUT2D eigenvalue weighted by molar-refractivity contribution is 7.89. The quantitative estimate of drug-likeness (QED) is 0.558. The summed E-state index contributed by atoms with van der Waals surface area (Å²) in [6, 6.07) is 11.0. The van der Waals surface area contributed by atoms with Gasteiger partial charge in [-0.15, -0.1) is 0 Å². The highest BCUT2D eigenvalue weighted by Gasteiger charge is 2.13. The third-order valence-electron chi connectivity index (χ3n) is 4.31. The summed E-state index contributed by atoms with van der Waals surface area (Å²) in [5.74, 6) is -0.199. The van der Waals surface area contributed by atoms with Gasteiger partial charge in [-0.25, -0.2) is 13.6 Å². The van der Waals surface area contributed by atoms with Gasteiger partial charge in [0.2, 0.25) is 10.0 Å². The van der Waals surface area contributed by atoms with Crippen LogP contribution in [0.25, 0.3) is 0 Å². The van der Waals surface area contributed by atoms with Crippen molar-refractivity contribution in [2.45, 2.75) is 25.2 Å². The Balaban J connectivity index is 1.75. The second kappa shape index (κ2) is 10.0. The van der Waals surface area contributed by atoms with E-state index >= 15 is 0 Å². The van der Waals surface area contributed by atoms with E-state index in [9.17, 15) is 18.0 Å². The molecule has 9 heteroatoms. The molecule has 160 valence electrons. The van der Waals surface area contributed by atoms with Crippen molar-refractivity contribution in [3.05, 3.63) is 71.4 Å². The van der Waals surface area contributed by atoms with Gasteiger partial charge >= 0.3 is 0 Å². The number of hydrogen-bond acceptors (Lipinski definition) is 5. The molecule has 2 aromatic rings. The molecule has 0 heterocycles. The Kier molecular flexibility index (Phi) is 7.73. The summed E-state index contributed by atoms with van der Waals surface area (Å²) in [6.07, 6.45) is 0.302. The lowest BCUT2D eigenvalue weighted by Gasteiger charge is -2.11. The summed E-state index contributed by atoms with van der Waals surface area (Å²) in [5, 5.41) is 10.3. The van der Waals surface area contributed by atoms with E-state index in [0.717, 1.165) is 11.1 Å². The molecule has 4 N–H and O–H groups in total. The summed E-state index contributed by atoms with van der Waals surface area (Å²) in [6.45, 7) is 7.83. The third kappa shape index (κ3) is 7.02. The van der Waals surface area contributed by atoms with E-state index in [1.165, 1.54) is 24.3 Å². The Hall–Kier alpha value is -3.17. The maximum absolute atomic E-state index is 12.2. The molecule has 0 aliphatic heterocycles. The van der Waals surface area contributed by atoms with E-state index < -0.39 is 15.9 Å². The highest BCUT2D eigenvalue weighted by Crippen LogP contribution is 2.16. The minimum absolute atomic E-state index is 0.123. The van der Waals surface area contributed by atoms with Crippen LogP contribution in [0.2, 0.25) is 0 Å². The minimum Gasteiger partial charge on any atom is -0.484 e. The van der Waals surface area contributed by atoms with Crippen molar-refractivity contribution in [3.63, 3.8) is 0 Å². The Labute approximate surface area is 176 Å². The zero-order valence-electron chi connectivity index (χ0n) is 16.9. The van der Waals surface area contributed by atoms with Gasteiger partial charge in [-0.1, -0.05) is 18.7 Å². The fourth-order valence-corrected chi connectivity index (χ4v) is 3.03. The lowest BCUT2D eigenvalue weighted by atomic mass is 10.1. The number of amides is 2. The van der Waals surface area contributed by atoms with E-state index in [4.69, 9.17) is 9.88 Å². The van der Waals surface area contributed by atoms with Crippen LogP contribution in [0.1, 0.15) is 27.9 Å². The third-order valence-corrected chi connectivity index (χ3v) is 5.22. The van der Waals surface area contributed by atoms with Crippen molar-refractivity contribution in [2.75, 3.05) is 13.2 Å². The normalized spacial score (nSPS) is 10.9. The Morgan fingerprint density at radius 1 is 1.10 bits per heavy atom. The fraction of sp³-hybridized carbons (Fsp3) is 0.238. The molecule has 0 saturated heterocycles. The number of carbonyl (C=O) groups excluding carboxylic acids is 2. The Morgan fingerprint density at radius 2 is 1.83 bits per heavy atom. The van der Waals surface area contributed by atoms with Crippen molar-refractivity contribution in [2.24, 2.45) is 5.14 Å². The number of rotatable bonds is 9. The highest BCUT2D eigenvalue weighted by atomic mass is 32.2. The molecule has 0 aliphatic carbocycles. The molecule has 8 nitrogen and oxygen atoms in total. The van der Waals surface area contributed by atoms with Crippen LogP contribution in [0.5, 0.6) is 5.75 Å². The molecule has 0 unspecified atom stereocenters. The molecule has 0 bridgehead atoms. The molecule has 2 amide bonds. The number of ether oxygens (including phenoxy) is 1. The largest absolute Gasteiger partial charge is 0.484 e. The fourth-order valence-electron chi connectivity index (χ4n) is 2.47. The van der Waals surface area contributed by atoms with Gasteiger partial charge in [0.05, 0.1) is 4.90 Å². The molecule has 0 atom stereocenters. The lowest BCUT2D eigenvalue weighted by molar-refractivity contribution is -0.123. The summed E-state index contributed by atoms with van der Waals surface area (Å²) in [5.41, 5.74) is 2.73. The van der Waals surface area contributed by atoms with Gasteiger partial charge in [0, 0.05) is 24.2 Å². The lowest BCUT2D eigenvalue weighted by Crippen LogP contribution is -2.31. The van der Waals surface area contributed by atoms with Gasteiger partial charge in [-0.3, -0.25) is 9.59 Å². The molecule has 2 aromatic carbocycles. The van der Waals surface area contributed by atoms with E-state index in [1.807, 2.05) is 26.0 Å². The van der Waals surface area contributed by atoms with Gasteiger partial charge in [0.25, 0.3) is 11.8 Å². The van der Waals surface area contributed by atoms with E-state index in [2.05, 4.69) is 17.2 Å². The number of sulfonamides is 1. The van der Waals surface area contributed by atoms with Crippen LogP contribution in [-0.4, -0.2) is 33.4 Å². The Bertz CT molecular complexity index is 1060. The van der Waals surface area contributed by atoms with Crippen LogP contribution in [0.15, 0.2) is 59.6 Å². The van der Waals surface area contributed by atoms with E-state index in [-0.39, 0.29) is 29.5 Å². The SMILES string of the molecule is C=C(CCNC(=O)COc1ccc(C)c(C)c1)NC(=O)c1cccc(S(N)(=O)=O)c1. The smallest absolute Gasteiger partial charge is 0.257 e. The molecule has 0 spiro atoms. The Morgan fingerprint density at radius 3 is 2.50 bits per heavy atom. The van der Waals surface area contributed by atoms with Crippen molar-refractivity contribution in [1.82, 2.24) is 10.6 Å². The van der Waals surface area contributed by atoms with Crippen molar-refractivity contribution in [1.29, 1.82) is 0 Å². The molecule has 0 aliphatic rings. The molecule has 0 saturated carbocycles.